The van der Waals surface area contributed by atoms with E-state index in [2.05, 4.69) is 0 Å². The van der Waals surface area contributed by atoms with Crippen molar-refractivity contribution in [1.82, 2.24) is 4.90 Å². The van der Waals surface area contributed by atoms with Crippen LogP contribution in [0.3, 0.4) is 0 Å². The number of rotatable bonds is 5. The van der Waals surface area contributed by atoms with Crippen molar-refractivity contribution in [2.75, 3.05) is 13.2 Å². The third-order valence-corrected chi connectivity index (χ3v) is 4.08. The van der Waals surface area contributed by atoms with Crippen LogP contribution >= 0.6 is 24.0 Å². The van der Waals surface area contributed by atoms with Crippen LogP contribution < -0.4 is 9.84 Å². The molecule has 2 rings (SSSR count). The van der Waals surface area contributed by atoms with Gasteiger partial charge in [0.05, 0.1) is 10.9 Å². The lowest BCUT2D eigenvalue weighted by atomic mass is 10.2. The van der Waals surface area contributed by atoms with Crippen LogP contribution in [0, 0.1) is 0 Å². The summed E-state index contributed by atoms with van der Waals surface area (Å²) >= 11 is 6.39. The summed E-state index contributed by atoms with van der Waals surface area (Å²) in [6.45, 7) is 1.89. The number of carbonyl (C=O) groups excluding carboxylic acids is 2. The number of nitrogens with zero attached hydrogens (tertiary/aromatic N) is 1. The smallest absolute Gasteiger partial charge is 0.266 e. The Morgan fingerprint density at radius 2 is 2.29 bits per heavy atom. The van der Waals surface area contributed by atoms with Crippen molar-refractivity contribution in [2.24, 2.45) is 0 Å². The summed E-state index contributed by atoms with van der Waals surface area (Å²) < 4.78 is 5.58. The van der Waals surface area contributed by atoms with Gasteiger partial charge in [0.15, 0.2) is 0 Å². The van der Waals surface area contributed by atoms with Gasteiger partial charge in [0.1, 0.15) is 16.7 Å². The van der Waals surface area contributed by atoms with E-state index in [1.165, 1.54) is 16.7 Å². The molecular weight excluding hydrogens is 310 g/mol. The molecule has 0 spiro atoms. The SMILES string of the molecule is CCN1C(=O)/C(=C/c2cccc(OCC(=O)[O-])c2)SC1=S. The number of aliphatic carboxylic acids is 1. The van der Waals surface area contributed by atoms with Crippen LogP contribution in [-0.4, -0.2) is 34.2 Å². The highest BCUT2D eigenvalue weighted by Gasteiger charge is 2.30. The van der Waals surface area contributed by atoms with Gasteiger partial charge in [0.2, 0.25) is 0 Å². The number of carboxylic acid groups (broad SMARTS) is 1. The Hall–Kier alpha value is -1.86. The molecule has 0 saturated carbocycles. The van der Waals surface area contributed by atoms with Crippen LogP contribution in [0.1, 0.15) is 12.5 Å². The second-order valence-corrected chi connectivity index (χ2v) is 5.83. The van der Waals surface area contributed by atoms with Crippen LogP contribution in [0.5, 0.6) is 5.75 Å². The van der Waals surface area contributed by atoms with E-state index in [9.17, 15) is 14.7 Å². The molecule has 1 fully saturated rings. The molecule has 0 atom stereocenters. The van der Waals surface area contributed by atoms with Crippen LogP contribution in [0.25, 0.3) is 6.08 Å². The second-order valence-electron chi connectivity index (χ2n) is 4.16. The maximum Gasteiger partial charge on any atom is 0.266 e. The largest absolute Gasteiger partial charge is 0.546 e. The topological polar surface area (TPSA) is 69.7 Å². The lowest BCUT2D eigenvalue weighted by Gasteiger charge is -2.09. The standard InChI is InChI=1S/C14H13NO4S2/c1-2-15-13(18)11(21-14(15)20)7-9-4-3-5-10(6-9)19-8-12(16)17/h3-7H,2,8H2,1H3,(H,16,17)/p-1/b11-7-. The van der Waals surface area contributed by atoms with Gasteiger partial charge in [-0.15, -0.1) is 0 Å². The van der Waals surface area contributed by atoms with Gasteiger partial charge in [-0.2, -0.15) is 0 Å². The van der Waals surface area contributed by atoms with Crippen molar-refractivity contribution in [1.29, 1.82) is 0 Å². The van der Waals surface area contributed by atoms with E-state index < -0.39 is 12.6 Å². The minimum atomic E-state index is -1.29. The van der Waals surface area contributed by atoms with Gasteiger partial charge in [0, 0.05) is 6.54 Å². The molecule has 5 nitrogen and oxygen atoms in total. The fourth-order valence-corrected chi connectivity index (χ4v) is 3.14. The zero-order valence-electron chi connectivity index (χ0n) is 11.2. The highest BCUT2D eigenvalue weighted by Crippen LogP contribution is 2.32. The Labute approximate surface area is 131 Å². The monoisotopic (exact) mass is 322 g/mol. The van der Waals surface area contributed by atoms with Crippen LogP contribution in [-0.2, 0) is 9.59 Å². The Balaban J connectivity index is 2.18. The number of carbonyl (C=O) groups is 2. The Morgan fingerprint density at radius 3 is 2.90 bits per heavy atom. The number of amides is 1. The minimum absolute atomic E-state index is 0.117. The Kier molecular flexibility index (Phi) is 4.98. The molecule has 0 unspecified atom stereocenters. The van der Waals surface area contributed by atoms with Gasteiger partial charge < -0.3 is 14.6 Å². The van der Waals surface area contributed by atoms with E-state index in [-0.39, 0.29) is 5.91 Å². The summed E-state index contributed by atoms with van der Waals surface area (Å²) in [5.74, 6) is -1.00. The molecule has 1 amide bonds. The zero-order chi connectivity index (χ0) is 15.4. The van der Waals surface area contributed by atoms with Crippen LogP contribution in [0.2, 0.25) is 0 Å². The normalized spacial score (nSPS) is 16.6. The van der Waals surface area contributed by atoms with Gasteiger partial charge in [-0.25, -0.2) is 0 Å². The van der Waals surface area contributed by atoms with E-state index in [0.717, 1.165) is 5.56 Å². The summed E-state index contributed by atoms with van der Waals surface area (Å²) in [7, 11) is 0. The fraction of sp³-hybridized carbons (Fsp3) is 0.214. The van der Waals surface area contributed by atoms with Crippen molar-refractivity contribution < 1.29 is 19.4 Å². The van der Waals surface area contributed by atoms with Crippen molar-refractivity contribution in [3.63, 3.8) is 0 Å². The van der Waals surface area contributed by atoms with Gasteiger partial charge in [-0.1, -0.05) is 36.1 Å². The summed E-state index contributed by atoms with van der Waals surface area (Å²) in [5, 5.41) is 10.4. The first-order valence-electron chi connectivity index (χ1n) is 6.19. The molecule has 1 aliphatic rings. The minimum Gasteiger partial charge on any atom is -0.546 e. The van der Waals surface area contributed by atoms with Gasteiger partial charge in [-0.05, 0) is 30.7 Å². The van der Waals surface area contributed by atoms with E-state index >= 15 is 0 Å². The molecule has 1 saturated heterocycles. The Morgan fingerprint density at radius 1 is 1.52 bits per heavy atom. The molecule has 0 bridgehead atoms. The lowest BCUT2D eigenvalue weighted by molar-refractivity contribution is -0.307. The van der Waals surface area contributed by atoms with Crippen LogP contribution in [0.4, 0.5) is 0 Å². The molecule has 0 radical (unpaired) electrons. The predicted octanol–water partition coefficient (Wildman–Crippen LogP) is 1.04. The molecule has 21 heavy (non-hydrogen) atoms. The summed E-state index contributed by atoms with van der Waals surface area (Å²) in [4.78, 5) is 24.5. The third-order valence-electron chi connectivity index (χ3n) is 2.70. The van der Waals surface area contributed by atoms with E-state index in [1.54, 1.807) is 30.3 Å². The van der Waals surface area contributed by atoms with E-state index in [0.29, 0.717) is 21.5 Å². The van der Waals surface area contributed by atoms with Crippen molar-refractivity contribution >= 4 is 46.3 Å². The molecule has 110 valence electrons. The molecule has 0 aromatic heterocycles. The molecule has 0 N–H and O–H groups in total. The maximum absolute atomic E-state index is 12.1. The zero-order valence-corrected chi connectivity index (χ0v) is 12.8. The first-order chi connectivity index (χ1) is 10.0. The maximum atomic E-state index is 12.1. The summed E-state index contributed by atoms with van der Waals surface area (Å²) in [5.41, 5.74) is 0.738. The summed E-state index contributed by atoms with van der Waals surface area (Å²) in [6.07, 6.45) is 1.71. The highest BCUT2D eigenvalue weighted by molar-refractivity contribution is 8.26. The van der Waals surface area contributed by atoms with Crippen molar-refractivity contribution in [3.05, 3.63) is 34.7 Å². The summed E-state index contributed by atoms with van der Waals surface area (Å²) in [6, 6.07) is 6.81. The number of ether oxygens (including phenoxy) is 1. The number of benzene rings is 1. The van der Waals surface area contributed by atoms with Gasteiger partial charge >= 0.3 is 0 Å². The number of thiocarbonyl (C=S) groups is 1. The average Bonchev–Trinajstić information content (AvgIpc) is 2.71. The van der Waals surface area contributed by atoms with Crippen molar-refractivity contribution in [3.8, 4) is 5.75 Å². The lowest BCUT2D eigenvalue weighted by Crippen LogP contribution is -2.28. The molecular formula is C14H12NO4S2-. The van der Waals surface area contributed by atoms with Crippen LogP contribution in [0.15, 0.2) is 29.2 Å². The first kappa shape index (κ1) is 15.5. The molecule has 0 aliphatic carbocycles. The highest BCUT2D eigenvalue weighted by atomic mass is 32.2. The van der Waals surface area contributed by atoms with Gasteiger partial charge in [-0.3, -0.25) is 9.69 Å². The first-order valence-corrected chi connectivity index (χ1v) is 7.42. The average molecular weight is 322 g/mol. The number of likely N-dealkylation sites (N-methyl/N-ethyl adjacent to an activating group) is 1. The van der Waals surface area contributed by atoms with E-state index in [4.69, 9.17) is 17.0 Å². The fourth-order valence-electron chi connectivity index (χ4n) is 1.76. The number of hydrogen-bond acceptors (Lipinski definition) is 6. The van der Waals surface area contributed by atoms with Crippen molar-refractivity contribution in [2.45, 2.75) is 6.92 Å². The second kappa shape index (κ2) is 6.73. The Bertz CT molecular complexity index is 627. The third kappa shape index (κ3) is 3.83. The molecule has 1 heterocycles. The quantitative estimate of drug-likeness (QED) is 0.596. The molecule has 1 aromatic rings. The number of thioether (sulfide) groups is 1. The van der Waals surface area contributed by atoms with Gasteiger partial charge in [0.25, 0.3) is 5.91 Å². The molecule has 1 aliphatic heterocycles. The van der Waals surface area contributed by atoms with E-state index in [1.807, 2.05) is 6.92 Å². The number of hydrogen-bond donors (Lipinski definition) is 0. The molecule has 1 aromatic carbocycles. The molecule has 7 heteroatoms. The number of carboxylic acids is 1. The predicted molar refractivity (Wildman–Crippen MR) is 82.5 cm³/mol.